The molecule has 0 radical (unpaired) electrons. The summed E-state index contributed by atoms with van der Waals surface area (Å²) in [5.41, 5.74) is -0.0538. The third-order valence-electron chi connectivity index (χ3n) is 9.74. The normalized spacial score (nSPS) is 15.5. The molecule has 12 nitrogen and oxygen atoms in total. The van der Waals surface area contributed by atoms with Crippen molar-refractivity contribution >= 4 is 97.8 Å². The molecule has 5 aromatic rings. The summed E-state index contributed by atoms with van der Waals surface area (Å²) in [7, 11) is 1.28. The molecule has 260 valence electrons. The van der Waals surface area contributed by atoms with Crippen molar-refractivity contribution in [2.45, 2.75) is 45.4 Å². The minimum Gasteiger partial charge on any atom is -0.504 e. The predicted octanol–water partition coefficient (Wildman–Crippen LogP) is 3.65. The molecule has 6 N–H and O–H groups in total. The van der Waals surface area contributed by atoms with Crippen molar-refractivity contribution in [2.75, 3.05) is 23.9 Å². The number of ether oxygens (including phenoxy) is 1. The van der Waals surface area contributed by atoms with E-state index < -0.39 is 59.6 Å². The summed E-state index contributed by atoms with van der Waals surface area (Å²) >= 11 is 8.41. The van der Waals surface area contributed by atoms with E-state index in [1.165, 1.54) is 20.1 Å². The molecule has 3 unspecified atom stereocenters. The van der Waals surface area contributed by atoms with Crippen LogP contribution in [0.2, 0.25) is 0 Å². The molecule has 6 rings (SSSR count). The second-order valence-electron chi connectivity index (χ2n) is 12.5. The highest BCUT2D eigenvalue weighted by atomic mass is 32.1. The van der Waals surface area contributed by atoms with Crippen molar-refractivity contribution in [2.24, 2.45) is 5.92 Å². The van der Waals surface area contributed by atoms with Gasteiger partial charge in [-0.3, -0.25) is 19.2 Å². The molecule has 0 bridgehead atoms. The average Bonchev–Trinajstić information content (AvgIpc) is 3.20. The Balaban J connectivity index is 2.09. The van der Waals surface area contributed by atoms with Crippen LogP contribution in [0.3, 0.4) is 0 Å². The molecule has 1 aliphatic carbocycles. The number of phenols is 1. The zero-order chi connectivity index (χ0) is 36.5. The summed E-state index contributed by atoms with van der Waals surface area (Å²) in [4.78, 5) is 66.8. The molecule has 1 aliphatic rings. The van der Waals surface area contributed by atoms with E-state index >= 15 is 0 Å². The zero-order valence-corrected chi connectivity index (χ0v) is 28.9. The molecule has 3 atom stereocenters. The van der Waals surface area contributed by atoms with Crippen molar-refractivity contribution in [1.82, 2.24) is 0 Å². The van der Waals surface area contributed by atoms with Crippen LogP contribution in [0.1, 0.15) is 47.6 Å². The van der Waals surface area contributed by atoms with Gasteiger partial charge in [-0.05, 0) is 70.6 Å². The fourth-order valence-electron chi connectivity index (χ4n) is 7.68. The number of Topliss-reactive ketones (excluding diaryl/α,β-unsaturated/α-hetero) is 1. The van der Waals surface area contributed by atoms with Crippen LogP contribution in [-0.2, 0) is 34.0 Å². The Morgan fingerprint density at radius 2 is 1.50 bits per heavy atom. The Kier molecular flexibility index (Phi) is 9.10. The maximum Gasteiger partial charge on any atom is 0.326 e. The number of aliphatic carboxylic acids is 2. The number of rotatable bonds is 12. The van der Waals surface area contributed by atoms with Crippen LogP contribution in [0.15, 0.2) is 27.3 Å². The topological polar surface area (TPSA) is 208 Å². The van der Waals surface area contributed by atoms with Crippen LogP contribution in [-0.4, -0.2) is 67.9 Å². The summed E-state index contributed by atoms with van der Waals surface area (Å²) in [6, 6.07) is 1.26. The van der Waals surface area contributed by atoms with Crippen molar-refractivity contribution in [3.63, 3.8) is 0 Å². The number of carboxylic acid groups (broad SMARTS) is 2. The van der Waals surface area contributed by atoms with Gasteiger partial charge in [0.25, 0.3) is 0 Å². The molecule has 0 aliphatic heterocycles. The number of thiol groups is 2. The number of allylic oxidation sites excluding steroid dienone is 1. The minimum absolute atomic E-state index is 0.0205. The van der Waals surface area contributed by atoms with Gasteiger partial charge < -0.3 is 35.6 Å². The van der Waals surface area contributed by atoms with E-state index in [1.807, 2.05) is 0 Å². The number of fused-ring (bicyclic) bond motifs is 1. The molecule has 0 saturated heterocycles. The van der Waals surface area contributed by atoms with Crippen LogP contribution in [0, 0.1) is 5.92 Å². The maximum atomic E-state index is 14.9. The van der Waals surface area contributed by atoms with Gasteiger partial charge in [-0.1, -0.05) is 11.6 Å². The Labute approximate surface area is 294 Å². The number of carbonyl (C=O) groups excluding carboxylic acids is 1. The van der Waals surface area contributed by atoms with Gasteiger partial charge in [0.05, 0.1) is 42.9 Å². The summed E-state index contributed by atoms with van der Waals surface area (Å²) < 4.78 is 5.73. The SMILES string of the molecule is COc1c(O)c2c(=O)cc(CO)c3c4c(CO)cc(NC(CS)C(=O)O)c5c(=O)c(CC(CS)C(=O)O)c6c(c(c1C(C(C)=O)C(C)=C6)c23)c54. The Bertz CT molecular complexity index is 2440. The van der Waals surface area contributed by atoms with Crippen LogP contribution < -0.4 is 20.9 Å². The molecule has 0 fully saturated rings. The van der Waals surface area contributed by atoms with Crippen molar-refractivity contribution < 1.29 is 44.7 Å². The van der Waals surface area contributed by atoms with Crippen LogP contribution in [0.5, 0.6) is 11.5 Å². The highest BCUT2D eigenvalue weighted by molar-refractivity contribution is 7.80. The first kappa shape index (κ1) is 35.2. The molecule has 5 aromatic carbocycles. The summed E-state index contributed by atoms with van der Waals surface area (Å²) in [5, 5.41) is 57.2. The third-order valence-corrected chi connectivity index (χ3v) is 10.5. The van der Waals surface area contributed by atoms with Gasteiger partial charge in [0.1, 0.15) is 11.8 Å². The largest absolute Gasteiger partial charge is 0.504 e. The van der Waals surface area contributed by atoms with Gasteiger partial charge in [0, 0.05) is 39.1 Å². The molecular weight excluding hydrogens is 687 g/mol. The lowest BCUT2D eigenvalue weighted by atomic mass is 9.78. The summed E-state index contributed by atoms with van der Waals surface area (Å²) in [6.07, 6.45) is 1.31. The maximum absolute atomic E-state index is 14.9. The Hall–Kier alpha value is -4.63. The number of hydrogen-bond acceptors (Lipinski definition) is 12. The van der Waals surface area contributed by atoms with Gasteiger partial charge in [0.15, 0.2) is 22.4 Å². The molecule has 0 saturated carbocycles. The highest BCUT2D eigenvalue weighted by Crippen LogP contribution is 2.55. The number of phenolic OH excluding ortho intramolecular Hbond substituents is 1. The molecular formula is C36H33NO11S2. The number of aliphatic hydroxyl groups excluding tert-OH is 2. The van der Waals surface area contributed by atoms with Gasteiger partial charge in [-0.15, -0.1) is 0 Å². The van der Waals surface area contributed by atoms with Crippen LogP contribution in [0.4, 0.5) is 5.69 Å². The number of methoxy groups -OCH3 is 1. The molecule has 50 heavy (non-hydrogen) atoms. The van der Waals surface area contributed by atoms with E-state index in [-0.39, 0.29) is 101 Å². The smallest absolute Gasteiger partial charge is 0.326 e. The fourth-order valence-corrected chi connectivity index (χ4v) is 8.21. The first-order valence-corrected chi connectivity index (χ1v) is 16.8. The van der Waals surface area contributed by atoms with Gasteiger partial charge >= 0.3 is 11.9 Å². The lowest BCUT2D eigenvalue weighted by molar-refractivity contribution is -0.141. The summed E-state index contributed by atoms with van der Waals surface area (Å²) in [5.74, 6) is -6.07. The van der Waals surface area contributed by atoms with Crippen LogP contribution >= 0.6 is 25.3 Å². The quantitative estimate of drug-likeness (QED) is 0.0528. The second kappa shape index (κ2) is 12.9. The Morgan fingerprint density at radius 3 is 2.02 bits per heavy atom. The number of anilines is 1. The first-order valence-electron chi connectivity index (χ1n) is 15.6. The van der Waals surface area contributed by atoms with Crippen molar-refractivity contribution in [1.29, 1.82) is 0 Å². The summed E-state index contributed by atoms with van der Waals surface area (Å²) in [6.45, 7) is 1.71. The van der Waals surface area contributed by atoms with Crippen molar-refractivity contribution in [3.05, 3.63) is 66.0 Å². The minimum atomic E-state index is -1.30. The molecule has 14 heteroatoms. The predicted molar refractivity (Wildman–Crippen MR) is 196 cm³/mol. The average molecular weight is 720 g/mol. The second-order valence-corrected chi connectivity index (χ2v) is 13.3. The molecule has 0 spiro atoms. The number of aromatic hydroxyl groups is 1. The van der Waals surface area contributed by atoms with E-state index in [0.717, 1.165) is 6.07 Å². The standard InChI is InChI=1S/C36H33NO11S2/c1-12-4-17-18(5-16(10-49)35(44)45)32(42)26-19(37-20(11-50)36(46)47)6-14(8-38)23-24-15(9-39)7-21(41)27-29(24)30(25(17)28(23)26)31(22(12)13(2)40)34(48-3)33(27)43/h4,6-7,16,20,22,37-39,43,49-50H,5,8-11H2,1-3H3,(H,44,45)(H,46,47). The molecule has 0 heterocycles. The number of hydrogen-bond donors (Lipinski definition) is 8. The number of ketones is 1. The van der Waals surface area contributed by atoms with E-state index in [4.69, 9.17) is 4.74 Å². The fraction of sp³-hybridized carbons (Fsp3) is 0.306. The zero-order valence-electron chi connectivity index (χ0n) is 27.1. The van der Waals surface area contributed by atoms with Gasteiger partial charge in [-0.25, -0.2) is 4.79 Å². The van der Waals surface area contributed by atoms with Gasteiger partial charge in [-0.2, -0.15) is 25.3 Å². The van der Waals surface area contributed by atoms with Crippen molar-refractivity contribution in [3.8, 4) is 11.5 Å². The lowest BCUT2D eigenvalue weighted by Crippen LogP contribution is -2.32. The monoisotopic (exact) mass is 719 g/mol. The van der Waals surface area contributed by atoms with E-state index in [0.29, 0.717) is 11.0 Å². The first-order chi connectivity index (χ1) is 23.8. The lowest BCUT2D eigenvalue weighted by Gasteiger charge is -2.26. The number of aliphatic hydroxyl groups is 2. The Morgan fingerprint density at radius 1 is 0.880 bits per heavy atom. The highest BCUT2D eigenvalue weighted by Gasteiger charge is 2.37. The van der Waals surface area contributed by atoms with E-state index in [1.54, 1.807) is 13.0 Å². The van der Waals surface area contributed by atoms with E-state index in [2.05, 4.69) is 30.6 Å². The molecule has 0 amide bonds. The van der Waals surface area contributed by atoms with Crippen LogP contribution in [0.25, 0.3) is 49.2 Å². The number of carbonyl (C=O) groups is 3. The van der Waals surface area contributed by atoms with Gasteiger partial charge in [0.2, 0.25) is 0 Å². The third kappa shape index (κ3) is 4.95. The van der Waals surface area contributed by atoms with E-state index in [9.17, 15) is 49.5 Å². The number of nitrogens with one attached hydrogen (secondary N) is 1. The molecule has 0 aromatic heterocycles. The number of carboxylic acids is 2. The number of benzene rings is 5.